The molecule has 1 aromatic heterocycles. The fraction of sp³-hybridized carbons (Fsp3) is 0.407. The number of benzene rings is 2. The number of carbonyl (C=O) groups excluding carboxylic acids is 1. The Balaban J connectivity index is 1.16. The van der Waals surface area contributed by atoms with Gasteiger partial charge in [-0.05, 0) is 67.3 Å². The summed E-state index contributed by atoms with van der Waals surface area (Å²) in [7, 11) is 0. The van der Waals surface area contributed by atoms with Gasteiger partial charge >= 0.3 is 12.1 Å². The molecule has 3 fully saturated rings. The number of aryl methyl sites for hydroxylation is 1. The molecule has 6 rings (SSSR count). The number of halogens is 1. The highest BCUT2D eigenvalue weighted by atomic mass is 35.5. The molecule has 3 aliphatic rings. The van der Waals surface area contributed by atoms with E-state index >= 15 is 0 Å². The summed E-state index contributed by atoms with van der Waals surface area (Å²) in [6, 6.07) is 11.1. The van der Waals surface area contributed by atoms with Crippen molar-refractivity contribution in [2.24, 2.45) is 0 Å². The van der Waals surface area contributed by atoms with Crippen LogP contribution in [-0.4, -0.2) is 51.9 Å². The Hall–Kier alpha value is -3.03. The number of rotatable bonds is 5. The van der Waals surface area contributed by atoms with Gasteiger partial charge in [0.15, 0.2) is 0 Å². The fourth-order valence-corrected chi connectivity index (χ4v) is 5.89. The lowest BCUT2D eigenvalue weighted by molar-refractivity contribution is -0.000896. The molecule has 1 N–H and O–H groups in total. The van der Waals surface area contributed by atoms with Gasteiger partial charge in [0.25, 0.3) is 0 Å². The second kappa shape index (κ2) is 8.28. The molecule has 7 nitrogen and oxygen atoms in total. The number of anilines is 1. The van der Waals surface area contributed by atoms with Crippen LogP contribution < -0.4 is 4.90 Å². The van der Waals surface area contributed by atoms with Crippen molar-refractivity contribution >= 4 is 40.3 Å². The number of hydrogen-bond acceptors (Lipinski definition) is 4. The van der Waals surface area contributed by atoms with Gasteiger partial charge in [0.1, 0.15) is 5.60 Å². The highest BCUT2D eigenvalue weighted by Gasteiger charge is 2.47. The molecule has 35 heavy (non-hydrogen) atoms. The summed E-state index contributed by atoms with van der Waals surface area (Å²) in [6.45, 7) is 5.16. The first-order valence-corrected chi connectivity index (χ1v) is 12.6. The first kappa shape index (κ1) is 22.4. The predicted octanol–water partition coefficient (Wildman–Crippen LogP) is 5.63. The van der Waals surface area contributed by atoms with E-state index in [0.717, 1.165) is 37.5 Å². The highest BCUT2D eigenvalue weighted by molar-refractivity contribution is 6.31. The molecule has 0 unspecified atom stereocenters. The van der Waals surface area contributed by atoms with E-state index in [2.05, 4.69) is 28.7 Å². The fourth-order valence-electron chi connectivity index (χ4n) is 5.62. The lowest BCUT2D eigenvalue weighted by Gasteiger charge is -2.37. The second-order valence-corrected chi connectivity index (χ2v) is 10.6. The quantitative estimate of drug-likeness (QED) is 0.498. The van der Waals surface area contributed by atoms with Gasteiger partial charge in [0.05, 0.1) is 17.6 Å². The molecule has 0 radical (unpaired) electrons. The van der Waals surface area contributed by atoms with Crippen molar-refractivity contribution in [1.29, 1.82) is 0 Å². The van der Waals surface area contributed by atoms with Crippen molar-refractivity contribution in [1.82, 2.24) is 9.47 Å². The van der Waals surface area contributed by atoms with Gasteiger partial charge in [-0.25, -0.2) is 9.59 Å². The first-order chi connectivity index (χ1) is 16.8. The number of hydrogen-bond donors (Lipinski definition) is 1. The van der Waals surface area contributed by atoms with Gasteiger partial charge < -0.3 is 14.4 Å². The lowest BCUT2D eigenvalue weighted by atomic mass is 9.91. The summed E-state index contributed by atoms with van der Waals surface area (Å²) >= 11 is 6.42. The summed E-state index contributed by atoms with van der Waals surface area (Å²) < 4.78 is 8.34. The molecule has 0 bridgehead atoms. The Morgan fingerprint density at radius 2 is 1.89 bits per heavy atom. The SMILES string of the molecule is Cc1cc(Cl)cc2c(CN3CCC4(CC3)CN(c3ccc(C(=O)O)cc3)C(=O)O4)cn(C3CC3)c12. The van der Waals surface area contributed by atoms with Gasteiger partial charge in [0.2, 0.25) is 0 Å². The van der Waals surface area contributed by atoms with Crippen molar-refractivity contribution in [3.8, 4) is 0 Å². The Kier molecular flexibility index (Phi) is 5.31. The Morgan fingerprint density at radius 1 is 1.17 bits per heavy atom. The number of carboxylic acids is 1. The number of amides is 1. The second-order valence-electron chi connectivity index (χ2n) is 10.2. The van der Waals surface area contributed by atoms with Crippen LogP contribution in [0.4, 0.5) is 10.5 Å². The van der Waals surface area contributed by atoms with E-state index in [-0.39, 0.29) is 11.7 Å². The Morgan fingerprint density at radius 3 is 2.54 bits per heavy atom. The molecule has 1 saturated carbocycles. The minimum atomic E-state index is -0.984. The zero-order valence-corrected chi connectivity index (χ0v) is 20.4. The van der Waals surface area contributed by atoms with Crippen LogP contribution >= 0.6 is 11.6 Å². The summed E-state index contributed by atoms with van der Waals surface area (Å²) in [5.41, 5.74) is 4.19. The number of aromatic nitrogens is 1. The molecule has 3 aromatic rings. The largest absolute Gasteiger partial charge is 0.478 e. The average molecular weight is 494 g/mol. The Labute approximate surface area is 208 Å². The van der Waals surface area contributed by atoms with Crippen LogP contribution in [0.1, 0.15) is 53.2 Å². The highest BCUT2D eigenvalue weighted by Crippen LogP contribution is 2.41. The Bertz CT molecular complexity index is 1320. The maximum absolute atomic E-state index is 12.7. The maximum atomic E-state index is 12.7. The van der Waals surface area contributed by atoms with Gasteiger partial charge in [-0.15, -0.1) is 0 Å². The number of aromatic carboxylic acids is 1. The summed E-state index contributed by atoms with van der Waals surface area (Å²) in [5, 5.41) is 11.1. The van der Waals surface area contributed by atoms with Crippen molar-refractivity contribution in [2.45, 2.75) is 50.8 Å². The molecular formula is C27H28ClN3O4. The van der Waals surface area contributed by atoms with E-state index in [4.69, 9.17) is 21.4 Å². The van der Waals surface area contributed by atoms with Crippen molar-refractivity contribution in [2.75, 3.05) is 24.5 Å². The molecule has 3 heterocycles. The van der Waals surface area contributed by atoms with Crippen LogP contribution in [0.3, 0.4) is 0 Å². The zero-order chi connectivity index (χ0) is 24.3. The van der Waals surface area contributed by atoms with Gasteiger partial charge in [-0.3, -0.25) is 9.80 Å². The monoisotopic (exact) mass is 493 g/mol. The predicted molar refractivity (Wildman–Crippen MR) is 134 cm³/mol. The van der Waals surface area contributed by atoms with Crippen molar-refractivity contribution in [3.05, 3.63) is 64.3 Å². The van der Waals surface area contributed by atoms with E-state index in [1.807, 2.05) is 6.07 Å². The minimum Gasteiger partial charge on any atom is -0.478 e. The van der Waals surface area contributed by atoms with Crippen LogP contribution in [-0.2, 0) is 11.3 Å². The number of carbonyl (C=O) groups is 2. The van der Waals surface area contributed by atoms with Crippen LogP contribution in [0.2, 0.25) is 5.02 Å². The molecule has 2 aliphatic heterocycles. The standard InChI is InChI=1S/C27H28ClN3O4/c1-17-12-20(28)13-23-19(15-30(24(17)23)21-6-7-21)14-29-10-8-27(9-11-29)16-31(26(34)35-27)22-4-2-18(3-5-22)25(32)33/h2-5,12-13,15,21H,6-11,14,16H2,1H3,(H,32,33). The third-order valence-electron chi connectivity index (χ3n) is 7.66. The molecule has 1 amide bonds. The topological polar surface area (TPSA) is 75.0 Å². The smallest absolute Gasteiger partial charge is 0.415 e. The van der Waals surface area contributed by atoms with E-state index in [0.29, 0.717) is 18.3 Å². The number of nitrogens with zero attached hydrogens (tertiary/aromatic N) is 3. The number of ether oxygens (including phenoxy) is 1. The summed E-state index contributed by atoms with van der Waals surface area (Å²) in [4.78, 5) is 27.9. The normalized spacial score (nSPS) is 20.1. The van der Waals surface area contributed by atoms with Crippen LogP contribution in [0, 0.1) is 6.92 Å². The molecule has 1 spiro atoms. The third kappa shape index (κ3) is 4.06. The third-order valence-corrected chi connectivity index (χ3v) is 7.88. The van der Waals surface area contributed by atoms with Crippen LogP contribution in [0.15, 0.2) is 42.6 Å². The van der Waals surface area contributed by atoms with E-state index < -0.39 is 11.6 Å². The van der Waals surface area contributed by atoms with Crippen molar-refractivity contribution in [3.63, 3.8) is 0 Å². The van der Waals surface area contributed by atoms with E-state index in [1.165, 1.54) is 47.0 Å². The van der Waals surface area contributed by atoms with Crippen LogP contribution in [0.25, 0.3) is 10.9 Å². The molecule has 8 heteroatoms. The molecule has 2 saturated heterocycles. The van der Waals surface area contributed by atoms with Gasteiger partial charge in [-0.1, -0.05) is 11.6 Å². The zero-order valence-electron chi connectivity index (χ0n) is 19.7. The van der Waals surface area contributed by atoms with Gasteiger partial charge in [0, 0.05) is 60.8 Å². The first-order valence-electron chi connectivity index (χ1n) is 12.2. The maximum Gasteiger partial charge on any atom is 0.415 e. The molecule has 182 valence electrons. The molecule has 0 atom stereocenters. The number of piperidine rings is 1. The lowest BCUT2D eigenvalue weighted by Crippen LogP contribution is -2.46. The van der Waals surface area contributed by atoms with Gasteiger partial charge in [-0.2, -0.15) is 0 Å². The van der Waals surface area contributed by atoms with E-state index in [9.17, 15) is 9.59 Å². The van der Waals surface area contributed by atoms with Crippen LogP contribution in [0.5, 0.6) is 0 Å². The number of carboxylic acid groups (broad SMARTS) is 1. The molecule has 1 aliphatic carbocycles. The minimum absolute atomic E-state index is 0.198. The van der Waals surface area contributed by atoms with E-state index in [1.54, 1.807) is 17.0 Å². The number of likely N-dealkylation sites (tertiary alicyclic amines) is 1. The molecule has 2 aromatic carbocycles. The number of fused-ring (bicyclic) bond motifs is 1. The average Bonchev–Trinajstić information content (AvgIpc) is 3.54. The van der Waals surface area contributed by atoms with Crippen molar-refractivity contribution < 1.29 is 19.4 Å². The summed E-state index contributed by atoms with van der Waals surface area (Å²) in [5.74, 6) is -0.984. The summed E-state index contributed by atoms with van der Waals surface area (Å²) in [6.07, 6.45) is 5.96. The molecular weight excluding hydrogens is 466 g/mol.